The van der Waals surface area contributed by atoms with Crippen molar-refractivity contribution in [1.29, 1.82) is 0 Å². The van der Waals surface area contributed by atoms with Gasteiger partial charge in [-0.05, 0) is 73.6 Å². The lowest BCUT2D eigenvalue weighted by Crippen LogP contribution is -2.32. The lowest BCUT2D eigenvalue weighted by atomic mass is 9.89. The molecular formula is C35H36N2O8. The van der Waals surface area contributed by atoms with Crippen LogP contribution in [-0.2, 0) is 38.6 Å². The third-order valence-electron chi connectivity index (χ3n) is 6.65. The first-order valence-electron chi connectivity index (χ1n) is 14.5. The van der Waals surface area contributed by atoms with Crippen LogP contribution in [0.4, 0.5) is 0 Å². The Balaban J connectivity index is 1.18. The van der Waals surface area contributed by atoms with Crippen LogP contribution in [0.3, 0.4) is 0 Å². The Hall–Kier alpha value is -5.25. The second-order valence-corrected chi connectivity index (χ2v) is 11.3. The van der Waals surface area contributed by atoms with Crippen LogP contribution in [0.15, 0.2) is 91.3 Å². The number of aromatic hydroxyl groups is 1. The number of esters is 3. The van der Waals surface area contributed by atoms with Crippen molar-refractivity contribution in [2.75, 3.05) is 6.61 Å². The molecule has 0 spiro atoms. The van der Waals surface area contributed by atoms with E-state index in [1.807, 2.05) is 68.4 Å². The predicted octanol–water partition coefficient (Wildman–Crippen LogP) is 5.87. The van der Waals surface area contributed by atoms with Gasteiger partial charge in [0.05, 0.1) is 12.4 Å². The number of aromatic nitrogens is 2. The number of hydrogen-bond donors (Lipinski definition) is 1. The number of nitrogens with zero attached hydrogens (tertiary/aromatic N) is 2. The van der Waals surface area contributed by atoms with Crippen LogP contribution in [0.2, 0.25) is 0 Å². The zero-order valence-electron chi connectivity index (χ0n) is 25.5. The molecule has 0 saturated carbocycles. The van der Waals surface area contributed by atoms with Gasteiger partial charge in [-0.2, -0.15) is 0 Å². The molecule has 0 bridgehead atoms. The summed E-state index contributed by atoms with van der Waals surface area (Å²) < 4.78 is 21.9. The summed E-state index contributed by atoms with van der Waals surface area (Å²) in [5.74, 6) is -1.19. The summed E-state index contributed by atoms with van der Waals surface area (Å²) in [5.41, 5.74) is 2.27. The number of pyridine rings is 2. The van der Waals surface area contributed by atoms with E-state index >= 15 is 0 Å². The van der Waals surface area contributed by atoms with Gasteiger partial charge in [-0.1, -0.05) is 61.5 Å². The van der Waals surface area contributed by atoms with E-state index in [0.29, 0.717) is 12.2 Å². The molecule has 0 saturated heterocycles. The Bertz CT molecular complexity index is 1570. The van der Waals surface area contributed by atoms with Crippen molar-refractivity contribution in [3.05, 3.63) is 119 Å². The molecule has 2 aromatic heterocycles. The maximum atomic E-state index is 12.6. The van der Waals surface area contributed by atoms with Crippen LogP contribution >= 0.6 is 0 Å². The van der Waals surface area contributed by atoms with E-state index in [0.717, 1.165) is 23.1 Å². The summed E-state index contributed by atoms with van der Waals surface area (Å²) >= 11 is 0. The van der Waals surface area contributed by atoms with Gasteiger partial charge in [0.25, 0.3) is 0 Å². The molecule has 0 unspecified atom stereocenters. The van der Waals surface area contributed by atoms with Gasteiger partial charge in [0.2, 0.25) is 0 Å². The molecule has 1 N–H and O–H groups in total. The van der Waals surface area contributed by atoms with Crippen LogP contribution < -0.4 is 4.74 Å². The number of rotatable bonds is 14. The zero-order valence-corrected chi connectivity index (χ0v) is 25.5. The van der Waals surface area contributed by atoms with E-state index in [-0.39, 0.29) is 42.9 Å². The molecule has 10 heteroatoms. The number of benzene rings is 2. The molecule has 0 radical (unpaired) electrons. The first kappa shape index (κ1) is 32.7. The van der Waals surface area contributed by atoms with Gasteiger partial charge in [0, 0.05) is 0 Å². The minimum Gasteiger partial charge on any atom is -0.506 e. The fourth-order valence-corrected chi connectivity index (χ4v) is 4.79. The SMILES string of the molecule is C[C@@H](Cc1cccc(COC(=O)c2ccc(O)cn2)c1)CC(C)(C)OC(=O)COc1ccc(C(=O)OCc2ccccc2)nc1. The predicted molar refractivity (Wildman–Crippen MR) is 164 cm³/mol. The molecule has 4 aromatic rings. The average Bonchev–Trinajstić information content (AvgIpc) is 3.02. The second kappa shape index (κ2) is 15.5. The van der Waals surface area contributed by atoms with E-state index in [1.165, 1.54) is 30.6 Å². The molecule has 10 nitrogen and oxygen atoms in total. The minimum atomic E-state index is -0.741. The van der Waals surface area contributed by atoms with Crippen molar-refractivity contribution < 1.29 is 38.4 Å². The molecule has 0 fully saturated rings. The number of carbonyl (C=O) groups excluding carboxylic acids is 3. The molecule has 1 atom stereocenters. The lowest BCUT2D eigenvalue weighted by Gasteiger charge is -2.28. The highest BCUT2D eigenvalue weighted by Gasteiger charge is 2.26. The molecule has 0 aliphatic rings. The third-order valence-corrected chi connectivity index (χ3v) is 6.65. The van der Waals surface area contributed by atoms with E-state index in [2.05, 4.69) is 16.9 Å². The maximum Gasteiger partial charge on any atom is 0.357 e. The average molecular weight is 613 g/mol. The Kier molecular flexibility index (Phi) is 11.2. The fraction of sp³-hybridized carbons (Fsp3) is 0.286. The maximum absolute atomic E-state index is 12.6. The van der Waals surface area contributed by atoms with Gasteiger partial charge in [0.15, 0.2) is 6.61 Å². The quantitative estimate of drug-likeness (QED) is 0.136. The van der Waals surface area contributed by atoms with Gasteiger partial charge < -0.3 is 24.1 Å². The molecule has 0 aliphatic carbocycles. The molecular weight excluding hydrogens is 576 g/mol. The Morgan fingerprint density at radius 1 is 0.778 bits per heavy atom. The van der Waals surface area contributed by atoms with Crippen molar-refractivity contribution in [2.24, 2.45) is 5.92 Å². The third kappa shape index (κ3) is 10.8. The van der Waals surface area contributed by atoms with E-state index in [1.54, 1.807) is 6.07 Å². The Morgan fingerprint density at radius 3 is 2.04 bits per heavy atom. The number of ether oxygens (including phenoxy) is 4. The largest absolute Gasteiger partial charge is 0.506 e. The van der Waals surface area contributed by atoms with Gasteiger partial charge in [-0.3, -0.25) is 0 Å². The van der Waals surface area contributed by atoms with Crippen molar-refractivity contribution in [3.8, 4) is 11.5 Å². The molecule has 45 heavy (non-hydrogen) atoms. The highest BCUT2D eigenvalue weighted by atomic mass is 16.6. The van der Waals surface area contributed by atoms with Crippen molar-refractivity contribution >= 4 is 17.9 Å². The number of carbonyl (C=O) groups is 3. The van der Waals surface area contributed by atoms with E-state index in [9.17, 15) is 19.5 Å². The molecule has 0 amide bonds. The van der Waals surface area contributed by atoms with Crippen molar-refractivity contribution in [2.45, 2.75) is 52.4 Å². The monoisotopic (exact) mass is 612 g/mol. The van der Waals surface area contributed by atoms with E-state index < -0.39 is 23.5 Å². The summed E-state index contributed by atoms with van der Waals surface area (Å²) in [6.07, 6.45) is 3.88. The van der Waals surface area contributed by atoms with Gasteiger partial charge in [0.1, 0.15) is 41.7 Å². The smallest absolute Gasteiger partial charge is 0.357 e. The van der Waals surface area contributed by atoms with Gasteiger partial charge in [-0.15, -0.1) is 0 Å². The minimum absolute atomic E-state index is 0.0281. The zero-order chi connectivity index (χ0) is 32.2. The molecule has 0 aliphatic heterocycles. The van der Waals surface area contributed by atoms with Crippen LogP contribution in [0.1, 0.15) is 64.9 Å². The topological polar surface area (TPSA) is 134 Å². The summed E-state index contributed by atoms with van der Waals surface area (Å²) in [4.78, 5) is 45.0. The first-order valence-corrected chi connectivity index (χ1v) is 14.5. The molecule has 234 valence electrons. The van der Waals surface area contributed by atoms with Gasteiger partial charge in [-0.25, -0.2) is 24.4 Å². The van der Waals surface area contributed by atoms with Crippen molar-refractivity contribution in [3.63, 3.8) is 0 Å². The Labute approximate surface area is 262 Å². The normalized spacial score (nSPS) is 11.7. The number of hydrogen-bond acceptors (Lipinski definition) is 10. The standard InChI is InChI=1S/C35H36N2O8/c1-24(16-26-10-7-11-27(17-26)22-44-33(40)30-14-12-28(38)19-36-30)18-35(2,3)45-32(39)23-42-29-13-15-31(37-20-29)34(41)43-21-25-8-5-4-6-9-25/h4-15,17,19-20,24,38H,16,18,21-23H2,1-3H3/t24-/m0/s1. The van der Waals surface area contributed by atoms with Crippen molar-refractivity contribution in [1.82, 2.24) is 9.97 Å². The lowest BCUT2D eigenvalue weighted by molar-refractivity contribution is -0.160. The summed E-state index contributed by atoms with van der Waals surface area (Å²) in [5, 5.41) is 9.33. The van der Waals surface area contributed by atoms with Crippen LogP contribution in [-0.4, -0.2) is 45.2 Å². The van der Waals surface area contributed by atoms with Crippen LogP contribution in [0, 0.1) is 5.92 Å². The fourth-order valence-electron chi connectivity index (χ4n) is 4.79. The van der Waals surface area contributed by atoms with Crippen LogP contribution in [0.5, 0.6) is 11.5 Å². The summed E-state index contributed by atoms with van der Waals surface area (Å²) in [6, 6.07) is 22.9. The van der Waals surface area contributed by atoms with Gasteiger partial charge >= 0.3 is 17.9 Å². The second-order valence-electron chi connectivity index (χ2n) is 11.3. The summed E-state index contributed by atoms with van der Waals surface area (Å²) in [6.45, 7) is 5.71. The first-order chi connectivity index (χ1) is 21.6. The summed E-state index contributed by atoms with van der Waals surface area (Å²) in [7, 11) is 0. The highest BCUT2D eigenvalue weighted by Crippen LogP contribution is 2.24. The molecule has 4 rings (SSSR count). The Morgan fingerprint density at radius 2 is 1.40 bits per heavy atom. The molecule has 2 aromatic carbocycles. The molecule has 2 heterocycles. The highest BCUT2D eigenvalue weighted by molar-refractivity contribution is 5.87. The van der Waals surface area contributed by atoms with Crippen LogP contribution in [0.25, 0.3) is 0 Å². The van der Waals surface area contributed by atoms with E-state index in [4.69, 9.17) is 18.9 Å².